The van der Waals surface area contributed by atoms with Crippen LogP contribution in [0.1, 0.15) is 12.5 Å². The predicted octanol–water partition coefficient (Wildman–Crippen LogP) is 2.81. The number of likely N-dealkylation sites (N-methyl/N-ethyl adjacent to an activating group) is 1. The predicted molar refractivity (Wildman–Crippen MR) is 86.6 cm³/mol. The van der Waals surface area contributed by atoms with E-state index < -0.39 is 0 Å². The Morgan fingerprint density at radius 2 is 1.95 bits per heavy atom. The fourth-order valence-electron chi connectivity index (χ4n) is 2.43. The molecular formula is C15H20BrClN2O. The highest BCUT2D eigenvalue weighted by atomic mass is 79.9. The second-order valence-corrected chi connectivity index (χ2v) is 6.54. The first kappa shape index (κ1) is 15.8. The van der Waals surface area contributed by atoms with Gasteiger partial charge in [0.15, 0.2) is 0 Å². The summed E-state index contributed by atoms with van der Waals surface area (Å²) in [4.78, 5) is 16.5. The number of hydrogen-bond donors (Lipinski definition) is 0. The molecule has 5 heteroatoms. The molecule has 1 unspecified atom stereocenters. The Kier molecular flexibility index (Phi) is 5.87. The number of amides is 1. The Morgan fingerprint density at radius 1 is 1.30 bits per heavy atom. The highest BCUT2D eigenvalue weighted by Gasteiger charge is 2.25. The largest absolute Gasteiger partial charge is 0.339 e. The average molecular weight is 360 g/mol. The minimum Gasteiger partial charge on any atom is -0.339 e. The van der Waals surface area contributed by atoms with Gasteiger partial charge in [-0.15, -0.1) is 0 Å². The second kappa shape index (κ2) is 7.43. The van der Waals surface area contributed by atoms with Gasteiger partial charge >= 0.3 is 0 Å². The van der Waals surface area contributed by atoms with Crippen molar-refractivity contribution in [1.82, 2.24) is 9.80 Å². The first-order valence-electron chi connectivity index (χ1n) is 7.00. The first-order valence-corrected chi connectivity index (χ1v) is 8.29. The molecule has 0 spiro atoms. The van der Waals surface area contributed by atoms with E-state index in [1.165, 1.54) is 0 Å². The molecule has 0 N–H and O–H groups in total. The summed E-state index contributed by atoms with van der Waals surface area (Å²) < 4.78 is 0. The lowest BCUT2D eigenvalue weighted by atomic mass is 10.1. The first-order chi connectivity index (χ1) is 9.61. The molecule has 1 amide bonds. The zero-order valence-electron chi connectivity index (χ0n) is 11.7. The molecule has 1 fully saturated rings. The van der Waals surface area contributed by atoms with Crippen molar-refractivity contribution in [1.29, 1.82) is 0 Å². The summed E-state index contributed by atoms with van der Waals surface area (Å²) in [6.07, 6.45) is 0.631. The number of carbonyl (C=O) groups excluding carboxylic acids is 1. The van der Waals surface area contributed by atoms with Crippen LogP contribution in [0, 0.1) is 0 Å². The third-order valence-corrected chi connectivity index (χ3v) is 4.84. The molecule has 1 aliphatic rings. The van der Waals surface area contributed by atoms with Crippen LogP contribution in [-0.4, -0.2) is 53.3 Å². The van der Waals surface area contributed by atoms with Gasteiger partial charge in [0.1, 0.15) is 0 Å². The number of halogens is 2. The molecule has 1 atom stereocenters. The van der Waals surface area contributed by atoms with Crippen LogP contribution in [0.2, 0.25) is 5.02 Å². The van der Waals surface area contributed by atoms with E-state index in [1.54, 1.807) is 0 Å². The average Bonchev–Trinajstić information content (AvgIpc) is 2.49. The summed E-state index contributed by atoms with van der Waals surface area (Å²) in [5.74, 6) is 0.167. The normalized spacial score (nSPS) is 18.1. The van der Waals surface area contributed by atoms with Crippen molar-refractivity contribution in [2.75, 3.05) is 32.7 Å². The van der Waals surface area contributed by atoms with E-state index in [1.807, 2.05) is 29.2 Å². The van der Waals surface area contributed by atoms with Crippen molar-refractivity contribution in [3.8, 4) is 0 Å². The van der Waals surface area contributed by atoms with Crippen LogP contribution in [0.5, 0.6) is 0 Å². The third-order valence-electron chi connectivity index (χ3n) is 3.76. The number of carbonyl (C=O) groups is 1. The number of nitrogens with zero attached hydrogens (tertiary/aromatic N) is 2. The molecule has 0 aliphatic carbocycles. The van der Waals surface area contributed by atoms with Crippen LogP contribution in [-0.2, 0) is 11.2 Å². The summed E-state index contributed by atoms with van der Waals surface area (Å²) in [6, 6.07) is 7.69. The maximum atomic E-state index is 12.4. The molecule has 3 nitrogen and oxygen atoms in total. The van der Waals surface area contributed by atoms with E-state index in [0.29, 0.717) is 6.42 Å². The highest BCUT2D eigenvalue weighted by Crippen LogP contribution is 2.20. The summed E-state index contributed by atoms with van der Waals surface area (Å²) >= 11 is 9.66. The van der Waals surface area contributed by atoms with Gasteiger partial charge < -0.3 is 9.80 Å². The Hall–Kier alpha value is -0.580. The van der Waals surface area contributed by atoms with Gasteiger partial charge in [0.05, 0.1) is 4.83 Å². The standard InChI is InChI=1S/C15H20BrClN2O/c1-2-18-7-9-19(10-8-18)15(20)13(16)11-12-5-3-4-6-14(12)17/h3-6,13H,2,7-11H2,1H3. The van der Waals surface area contributed by atoms with Gasteiger partial charge in [-0.05, 0) is 24.6 Å². The van der Waals surface area contributed by atoms with Crippen molar-refractivity contribution < 1.29 is 4.79 Å². The summed E-state index contributed by atoms with van der Waals surface area (Å²) in [5, 5.41) is 0.723. The minimum atomic E-state index is -0.199. The molecule has 1 aromatic rings. The number of rotatable bonds is 4. The van der Waals surface area contributed by atoms with Gasteiger partial charge in [0.2, 0.25) is 5.91 Å². The number of piperazine rings is 1. The molecule has 1 aromatic carbocycles. The Balaban J connectivity index is 1.91. The van der Waals surface area contributed by atoms with E-state index in [4.69, 9.17) is 11.6 Å². The topological polar surface area (TPSA) is 23.6 Å². The lowest BCUT2D eigenvalue weighted by Gasteiger charge is -2.35. The third kappa shape index (κ3) is 3.96. The van der Waals surface area contributed by atoms with Crippen LogP contribution in [0.3, 0.4) is 0 Å². The molecule has 0 saturated carbocycles. The zero-order valence-corrected chi connectivity index (χ0v) is 14.0. The maximum Gasteiger partial charge on any atom is 0.236 e. The summed E-state index contributed by atoms with van der Waals surface area (Å²) in [5.41, 5.74) is 1.01. The lowest BCUT2D eigenvalue weighted by molar-refractivity contribution is -0.132. The fraction of sp³-hybridized carbons (Fsp3) is 0.533. The molecule has 0 bridgehead atoms. The van der Waals surface area contributed by atoms with Crippen LogP contribution >= 0.6 is 27.5 Å². The maximum absolute atomic E-state index is 12.4. The zero-order chi connectivity index (χ0) is 14.5. The van der Waals surface area contributed by atoms with Gasteiger partial charge in [0, 0.05) is 31.2 Å². The molecule has 20 heavy (non-hydrogen) atoms. The lowest BCUT2D eigenvalue weighted by Crippen LogP contribution is -2.50. The summed E-state index contributed by atoms with van der Waals surface area (Å²) in [6.45, 7) is 6.78. The minimum absolute atomic E-state index is 0.167. The Bertz CT molecular complexity index is 461. The van der Waals surface area contributed by atoms with Gasteiger partial charge in [-0.2, -0.15) is 0 Å². The Morgan fingerprint density at radius 3 is 2.55 bits per heavy atom. The van der Waals surface area contributed by atoms with E-state index >= 15 is 0 Å². The van der Waals surface area contributed by atoms with Crippen molar-refractivity contribution >= 4 is 33.4 Å². The second-order valence-electron chi connectivity index (χ2n) is 5.02. The van der Waals surface area contributed by atoms with Crippen LogP contribution in [0.4, 0.5) is 0 Å². The van der Waals surface area contributed by atoms with Gasteiger partial charge in [-0.3, -0.25) is 4.79 Å². The number of benzene rings is 1. The van der Waals surface area contributed by atoms with E-state index in [-0.39, 0.29) is 10.7 Å². The quantitative estimate of drug-likeness (QED) is 0.772. The highest BCUT2D eigenvalue weighted by molar-refractivity contribution is 9.10. The smallest absolute Gasteiger partial charge is 0.236 e. The fourth-order valence-corrected chi connectivity index (χ4v) is 3.28. The Labute approximate surface area is 134 Å². The van der Waals surface area contributed by atoms with Crippen molar-refractivity contribution in [2.45, 2.75) is 18.2 Å². The van der Waals surface area contributed by atoms with Crippen LogP contribution in [0.25, 0.3) is 0 Å². The number of alkyl halides is 1. The van der Waals surface area contributed by atoms with Crippen molar-refractivity contribution in [3.05, 3.63) is 34.9 Å². The molecule has 1 aliphatic heterocycles. The molecule has 110 valence electrons. The summed E-state index contributed by atoms with van der Waals surface area (Å²) in [7, 11) is 0. The van der Waals surface area contributed by atoms with Crippen molar-refractivity contribution in [3.63, 3.8) is 0 Å². The van der Waals surface area contributed by atoms with Crippen LogP contribution in [0.15, 0.2) is 24.3 Å². The molecule has 1 heterocycles. The molecule has 0 aromatic heterocycles. The van der Waals surface area contributed by atoms with Gasteiger partial charge in [-0.25, -0.2) is 0 Å². The van der Waals surface area contributed by atoms with E-state index in [9.17, 15) is 4.79 Å². The molecule has 0 radical (unpaired) electrons. The molecule has 2 rings (SSSR count). The van der Waals surface area contributed by atoms with Gasteiger partial charge in [-0.1, -0.05) is 52.7 Å². The SMILES string of the molecule is CCN1CCN(C(=O)C(Br)Cc2ccccc2Cl)CC1. The number of hydrogen-bond acceptors (Lipinski definition) is 2. The van der Waals surface area contributed by atoms with E-state index in [0.717, 1.165) is 43.3 Å². The molecule has 1 saturated heterocycles. The van der Waals surface area contributed by atoms with Crippen LogP contribution < -0.4 is 0 Å². The van der Waals surface area contributed by atoms with Crippen molar-refractivity contribution in [2.24, 2.45) is 0 Å². The van der Waals surface area contributed by atoms with Gasteiger partial charge in [0.25, 0.3) is 0 Å². The monoisotopic (exact) mass is 358 g/mol. The van der Waals surface area contributed by atoms with E-state index in [2.05, 4.69) is 27.8 Å². The molecular weight excluding hydrogens is 340 g/mol.